The Bertz CT molecular complexity index is 209. The van der Waals surface area contributed by atoms with Gasteiger partial charge in [-0.1, -0.05) is 6.08 Å². The highest BCUT2D eigenvalue weighted by Crippen LogP contribution is 1.91. The van der Waals surface area contributed by atoms with E-state index in [-0.39, 0.29) is 0 Å². The third-order valence-electron chi connectivity index (χ3n) is 1.07. The fourth-order valence-corrected chi connectivity index (χ4v) is 0.584. The Morgan fingerprint density at radius 1 is 1.30 bits per heavy atom. The molecule has 0 aromatic rings. The number of aliphatic imine (C=N–C) groups is 2. The second kappa shape index (κ2) is 3.77. The van der Waals surface area contributed by atoms with Crippen molar-refractivity contribution in [1.82, 2.24) is 0 Å². The molecule has 0 aromatic heterocycles. The molecule has 0 N–H and O–H groups in total. The van der Waals surface area contributed by atoms with Gasteiger partial charge in [0.25, 0.3) is 0 Å². The molecule has 0 aromatic carbocycles. The van der Waals surface area contributed by atoms with Gasteiger partial charge in [0.2, 0.25) is 0 Å². The van der Waals surface area contributed by atoms with Gasteiger partial charge >= 0.3 is 0 Å². The molecule has 0 aliphatic carbocycles. The highest BCUT2D eigenvalue weighted by Gasteiger charge is 1.87. The Morgan fingerprint density at radius 2 is 2.20 bits per heavy atom. The van der Waals surface area contributed by atoms with Crippen molar-refractivity contribution in [3.8, 4) is 0 Å². The van der Waals surface area contributed by atoms with E-state index >= 15 is 0 Å². The van der Waals surface area contributed by atoms with E-state index in [1.54, 1.807) is 12.4 Å². The van der Waals surface area contributed by atoms with Crippen LogP contribution >= 0.6 is 0 Å². The fraction of sp³-hybridized carbons (Fsp3) is 0.125. The summed E-state index contributed by atoms with van der Waals surface area (Å²) in [5, 5.41) is 0. The third-order valence-corrected chi connectivity index (χ3v) is 1.07. The maximum atomic E-state index is 4.03. The number of rotatable bonds is 1. The van der Waals surface area contributed by atoms with Gasteiger partial charge in [0.1, 0.15) is 5.84 Å². The first kappa shape index (κ1) is 6.93. The molecule has 0 saturated heterocycles. The Labute approximate surface area is 60.7 Å². The summed E-state index contributed by atoms with van der Waals surface area (Å²) in [6, 6.07) is 0. The molecule has 1 heterocycles. The summed E-state index contributed by atoms with van der Waals surface area (Å²) in [4.78, 5) is 8.05. The number of amidine groups is 1. The van der Waals surface area contributed by atoms with Crippen molar-refractivity contribution in [3.05, 3.63) is 31.4 Å². The molecule has 51 valence electrons. The highest BCUT2D eigenvalue weighted by atomic mass is 14.9. The minimum Gasteiger partial charge on any atom is -0.241 e. The monoisotopic (exact) mass is 133 g/mol. The Morgan fingerprint density at radius 3 is 3.00 bits per heavy atom. The first-order valence-electron chi connectivity index (χ1n) is 3.15. The number of allylic oxidation sites excluding steroid dienone is 3. The number of nitrogens with zero attached hydrogens (tertiary/aromatic N) is 2. The van der Waals surface area contributed by atoms with Crippen molar-refractivity contribution < 1.29 is 0 Å². The first-order chi connectivity index (χ1) is 4.93. The van der Waals surface area contributed by atoms with E-state index in [0.29, 0.717) is 6.42 Å². The minimum absolute atomic E-state index is 0.634. The molecule has 2 heteroatoms. The summed E-state index contributed by atoms with van der Waals surface area (Å²) in [5.41, 5.74) is 0. The quantitative estimate of drug-likeness (QED) is 0.520. The second-order valence-electron chi connectivity index (χ2n) is 1.80. The van der Waals surface area contributed by atoms with E-state index in [2.05, 4.69) is 16.9 Å². The van der Waals surface area contributed by atoms with Crippen molar-refractivity contribution in [3.63, 3.8) is 0 Å². The zero-order chi connectivity index (χ0) is 7.23. The molecule has 10 heavy (non-hydrogen) atoms. The lowest BCUT2D eigenvalue weighted by Crippen LogP contribution is -1.90. The molecule has 1 aliphatic rings. The van der Waals surface area contributed by atoms with Crippen LogP contribution in [0.4, 0.5) is 0 Å². The maximum Gasteiger partial charge on any atom is 0.128 e. The summed E-state index contributed by atoms with van der Waals surface area (Å²) in [6.07, 6.45) is 9.67. The van der Waals surface area contributed by atoms with Crippen LogP contribution in [-0.4, -0.2) is 12.1 Å². The second-order valence-corrected chi connectivity index (χ2v) is 1.80. The Kier molecular flexibility index (Phi) is 2.62. The average Bonchev–Trinajstić information content (AvgIpc) is 1.87. The predicted octanol–water partition coefficient (Wildman–Crippen LogP) is 1.76. The zero-order valence-corrected chi connectivity index (χ0v) is 5.70. The van der Waals surface area contributed by atoms with Crippen molar-refractivity contribution in [1.29, 1.82) is 0 Å². The van der Waals surface area contributed by atoms with Crippen LogP contribution < -0.4 is 0 Å². The molecule has 0 saturated carbocycles. The van der Waals surface area contributed by atoms with Gasteiger partial charge in [0.15, 0.2) is 0 Å². The van der Waals surface area contributed by atoms with Gasteiger partial charge < -0.3 is 0 Å². The van der Waals surface area contributed by atoms with E-state index in [1.165, 1.54) is 0 Å². The van der Waals surface area contributed by atoms with Gasteiger partial charge in [-0.15, -0.1) is 0 Å². The molecule has 0 spiro atoms. The predicted molar refractivity (Wildman–Crippen MR) is 44.2 cm³/mol. The summed E-state index contributed by atoms with van der Waals surface area (Å²) in [5.74, 6) is 0.764. The number of hydrogen-bond donors (Lipinski definition) is 0. The highest BCUT2D eigenvalue weighted by molar-refractivity contribution is 5.93. The van der Waals surface area contributed by atoms with Crippen LogP contribution in [0.25, 0.3) is 0 Å². The first-order valence-corrected chi connectivity index (χ1v) is 3.15. The van der Waals surface area contributed by atoms with Crippen LogP contribution in [0, 0.1) is 6.92 Å². The average molecular weight is 133 g/mol. The lowest BCUT2D eigenvalue weighted by Gasteiger charge is -1.92. The lowest BCUT2D eigenvalue weighted by atomic mass is 10.4. The van der Waals surface area contributed by atoms with Gasteiger partial charge in [-0.05, 0) is 19.1 Å². The molecule has 0 bridgehead atoms. The molecule has 0 amide bonds. The standard InChI is InChI=1S/C8H9N2/c1-2-8-9-6-4-3-5-7-10-8/h3-7H,1-2H2. The topological polar surface area (TPSA) is 24.7 Å². The number of hydrogen-bond acceptors (Lipinski definition) is 2. The summed E-state index contributed by atoms with van der Waals surface area (Å²) in [6.45, 7) is 3.68. The Balaban J connectivity index is 2.73. The SMILES string of the molecule is [CH2]CC1=NC=CC=CC=N1. The van der Waals surface area contributed by atoms with Crippen molar-refractivity contribution in [2.24, 2.45) is 9.98 Å². The van der Waals surface area contributed by atoms with Crippen molar-refractivity contribution >= 4 is 12.1 Å². The van der Waals surface area contributed by atoms with Crippen LogP contribution in [0.1, 0.15) is 6.42 Å². The van der Waals surface area contributed by atoms with Crippen LogP contribution in [0.2, 0.25) is 0 Å². The van der Waals surface area contributed by atoms with Gasteiger partial charge in [-0.2, -0.15) is 0 Å². The van der Waals surface area contributed by atoms with Gasteiger partial charge in [0.05, 0.1) is 0 Å². The van der Waals surface area contributed by atoms with Crippen LogP contribution in [0.3, 0.4) is 0 Å². The fourth-order valence-electron chi connectivity index (χ4n) is 0.584. The maximum absolute atomic E-state index is 4.03. The molecule has 1 rings (SSSR count). The van der Waals surface area contributed by atoms with E-state index < -0.39 is 0 Å². The molecule has 0 fully saturated rings. The molecular weight excluding hydrogens is 124 g/mol. The molecule has 0 unspecified atom stereocenters. The largest absolute Gasteiger partial charge is 0.241 e. The van der Waals surface area contributed by atoms with Crippen LogP contribution in [0.5, 0.6) is 0 Å². The smallest absolute Gasteiger partial charge is 0.128 e. The Hall–Kier alpha value is -1.18. The zero-order valence-electron chi connectivity index (χ0n) is 5.70. The lowest BCUT2D eigenvalue weighted by molar-refractivity contribution is 1.35. The van der Waals surface area contributed by atoms with Crippen LogP contribution in [0.15, 0.2) is 34.4 Å². The third kappa shape index (κ3) is 1.97. The van der Waals surface area contributed by atoms with Crippen LogP contribution in [-0.2, 0) is 0 Å². The van der Waals surface area contributed by atoms with Crippen molar-refractivity contribution in [2.45, 2.75) is 6.42 Å². The normalized spacial score (nSPS) is 16.3. The van der Waals surface area contributed by atoms with Crippen molar-refractivity contribution in [2.75, 3.05) is 0 Å². The van der Waals surface area contributed by atoms with Gasteiger partial charge in [0, 0.05) is 18.8 Å². The minimum atomic E-state index is 0.634. The molecule has 2 nitrogen and oxygen atoms in total. The van der Waals surface area contributed by atoms with E-state index in [1.807, 2.05) is 18.2 Å². The van der Waals surface area contributed by atoms with E-state index in [4.69, 9.17) is 0 Å². The van der Waals surface area contributed by atoms with Gasteiger partial charge in [-0.3, -0.25) is 0 Å². The summed E-state index contributed by atoms with van der Waals surface area (Å²) in [7, 11) is 0. The molecule has 0 atom stereocenters. The molecular formula is C8H9N2. The molecule has 1 aliphatic heterocycles. The van der Waals surface area contributed by atoms with Gasteiger partial charge in [-0.25, -0.2) is 9.98 Å². The van der Waals surface area contributed by atoms with E-state index in [9.17, 15) is 0 Å². The van der Waals surface area contributed by atoms with E-state index in [0.717, 1.165) is 5.84 Å². The summed E-state index contributed by atoms with van der Waals surface area (Å²) < 4.78 is 0. The summed E-state index contributed by atoms with van der Waals surface area (Å²) >= 11 is 0. The molecule has 1 radical (unpaired) electrons.